The maximum atomic E-state index is 13.2. The first-order valence-corrected chi connectivity index (χ1v) is 8.48. The summed E-state index contributed by atoms with van der Waals surface area (Å²) >= 11 is 0. The molecule has 6 nitrogen and oxygen atoms in total. The molecular weight excluding hydrogens is 358 g/mol. The number of hydrogen-bond donors (Lipinski definition) is 0. The quantitative estimate of drug-likeness (QED) is 0.215. The van der Waals surface area contributed by atoms with Crippen LogP contribution in [0.25, 0.3) is 10.8 Å². The van der Waals surface area contributed by atoms with Gasteiger partial charge in [-0.05, 0) is 17.5 Å². The van der Waals surface area contributed by atoms with Gasteiger partial charge in [-0.3, -0.25) is 9.59 Å². The normalized spacial score (nSPS) is 11.1. The highest BCUT2D eigenvalue weighted by Gasteiger charge is 2.26. The van der Waals surface area contributed by atoms with E-state index in [1.54, 1.807) is 54.6 Å². The van der Waals surface area contributed by atoms with Crippen molar-refractivity contribution in [3.8, 4) is 5.75 Å². The fourth-order valence-electron chi connectivity index (χ4n) is 2.80. The summed E-state index contributed by atoms with van der Waals surface area (Å²) in [4.78, 5) is 41.9. The van der Waals surface area contributed by atoms with Crippen molar-refractivity contribution in [1.29, 1.82) is 0 Å². The Labute approximate surface area is 161 Å². The molecule has 0 spiro atoms. The van der Waals surface area contributed by atoms with Crippen molar-refractivity contribution in [2.24, 2.45) is 5.16 Å². The number of benzene rings is 3. The van der Waals surface area contributed by atoms with Crippen LogP contribution in [0.15, 0.2) is 71.9 Å². The summed E-state index contributed by atoms with van der Waals surface area (Å²) in [5.41, 5.74) is 0.0443. The number of fused-ring (bicyclic) bond motifs is 1. The molecule has 0 saturated carbocycles. The summed E-state index contributed by atoms with van der Waals surface area (Å²) in [6.07, 6.45) is 0. The lowest BCUT2D eigenvalue weighted by Crippen LogP contribution is -2.25. The van der Waals surface area contributed by atoms with Crippen LogP contribution in [0.4, 0.5) is 0 Å². The summed E-state index contributed by atoms with van der Waals surface area (Å²) < 4.78 is 5.34. The summed E-state index contributed by atoms with van der Waals surface area (Å²) in [5.74, 6) is -1.41. The molecule has 0 amide bonds. The first-order chi connectivity index (χ1) is 13.5. The van der Waals surface area contributed by atoms with Crippen LogP contribution in [0.1, 0.15) is 27.6 Å². The van der Waals surface area contributed by atoms with E-state index in [1.165, 1.54) is 7.11 Å². The number of nitrogens with zero attached hydrogens (tertiary/aromatic N) is 1. The fraction of sp³-hybridized carbons (Fsp3) is 0.0909. The minimum absolute atomic E-state index is 0.256. The molecule has 6 heteroatoms. The third-order valence-corrected chi connectivity index (χ3v) is 4.08. The van der Waals surface area contributed by atoms with E-state index in [9.17, 15) is 14.4 Å². The number of carbonyl (C=O) groups excluding carboxylic acids is 3. The second-order valence-corrected chi connectivity index (χ2v) is 5.91. The number of carbonyl (C=O) groups is 3. The Hall–Kier alpha value is -3.80. The van der Waals surface area contributed by atoms with E-state index in [0.29, 0.717) is 11.1 Å². The summed E-state index contributed by atoms with van der Waals surface area (Å²) in [5, 5.41) is 4.88. The minimum Gasteiger partial charge on any atom is -0.496 e. The maximum absolute atomic E-state index is 13.2. The molecule has 0 bridgehead atoms. The minimum atomic E-state index is -0.731. The third kappa shape index (κ3) is 3.81. The number of rotatable bonds is 6. The molecule has 0 unspecified atom stereocenters. The van der Waals surface area contributed by atoms with E-state index in [1.807, 2.05) is 12.1 Å². The van der Waals surface area contributed by atoms with Gasteiger partial charge in [0.1, 0.15) is 5.75 Å². The Morgan fingerprint density at radius 2 is 1.43 bits per heavy atom. The summed E-state index contributed by atoms with van der Waals surface area (Å²) in [6.45, 7) is 1.14. The standard InChI is InChI=1S/C22H17NO5/c1-14(24)28-23-20(21(25)15-8-4-3-5-9-15)22(26)18-12-13-19(27-2)17-11-7-6-10-16(17)18/h3-13H,1-2H3/b23-20+. The number of oxime groups is 1. The average molecular weight is 375 g/mol. The molecule has 0 fully saturated rings. The Kier molecular flexibility index (Phi) is 5.60. The van der Waals surface area contributed by atoms with Gasteiger partial charge in [-0.25, -0.2) is 4.79 Å². The highest BCUT2D eigenvalue weighted by molar-refractivity contribution is 6.72. The van der Waals surface area contributed by atoms with Crippen molar-refractivity contribution >= 4 is 34.0 Å². The first-order valence-electron chi connectivity index (χ1n) is 8.48. The highest BCUT2D eigenvalue weighted by atomic mass is 16.7. The van der Waals surface area contributed by atoms with Gasteiger partial charge in [-0.1, -0.05) is 59.8 Å². The molecule has 0 aromatic heterocycles. The molecular formula is C22H17NO5. The summed E-state index contributed by atoms with van der Waals surface area (Å²) in [6, 6.07) is 18.6. The molecule has 0 aliphatic rings. The average Bonchev–Trinajstić information content (AvgIpc) is 2.73. The fourth-order valence-corrected chi connectivity index (χ4v) is 2.80. The van der Waals surface area contributed by atoms with E-state index in [-0.39, 0.29) is 11.1 Å². The Morgan fingerprint density at radius 3 is 2.07 bits per heavy atom. The van der Waals surface area contributed by atoms with Crippen LogP contribution in [0, 0.1) is 0 Å². The predicted molar refractivity (Wildman–Crippen MR) is 105 cm³/mol. The molecule has 0 N–H and O–H groups in total. The number of ketones is 2. The number of hydrogen-bond acceptors (Lipinski definition) is 6. The van der Waals surface area contributed by atoms with Crippen LogP contribution in [0.2, 0.25) is 0 Å². The maximum Gasteiger partial charge on any atom is 0.332 e. The largest absolute Gasteiger partial charge is 0.496 e. The van der Waals surface area contributed by atoms with Crippen LogP contribution in [-0.4, -0.2) is 30.4 Å². The molecule has 0 radical (unpaired) electrons. The van der Waals surface area contributed by atoms with E-state index in [2.05, 4.69) is 9.99 Å². The molecule has 0 heterocycles. The molecule has 3 aromatic rings. The van der Waals surface area contributed by atoms with Crippen molar-refractivity contribution in [1.82, 2.24) is 0 Å². The van der Waals surface area contributed by atoms with Crippen LogP contribution in [-0.2, 0) is 9.63 Å². The van der Waals surface area contributed by atoms with Crippen molar-refractivity contribution in [2.75, 3.05) is 7.11 Å². The third-order valence-electron chi connectivity index (χ3n) is 4.08. The summed E-state index contributed by atoms with van der Waals surface area (Å²) in [7, 11) is 1.54. The predicted octanol–water partition coefficient (Wildman–Crippen LogP) is 3.83. The number of ether oxygens (including phenoxy) is 1. The van der Waals surface area contributed by atoms with E-state index in [4.69, 9.17) is 4.74 Å². The van der Waals surface area contributed by atoms with Gasteiger partial charge in [0.2, 0.25) is 11.6 Å². The van der Waals surface area contributed by atoms with Gasteiger partial charge in [0.15, 0.2) is 5.71 Å². The van der Waals surface area contributed by atoms with Gasteiger partial charge >= 0.3 is 5.97 Å². The van der Waals surface area contributed by atoms with Gasteiger partial charge in [-0.2, -0.15) is 0 Å². The molecule has 3 rings (SSSR count). The lowest BCUT2D eigenvalue weighted by atomic mass is 9.95. The molecule has 0 aliphatic carbocycles. The second kappa shape index (κ2) is 8.26. The van der Waals surface area contributed by atoms with E-state index >= 15 is 0 Å². The Bertz CT molecular complexity index is 1090. The molecule has 0 aliphatic heterocycles. The molecule has 140 valence electrons. The Balaban J connectivity index is 2.13. The number of methoxy groups -OCH3 is 1. The van der Waals surface area contributed by atoms with Crippen LogP contribution < -0.4 is 4.74 Å². The van der Waals surface area contributed by atoms with Crippen LogP contribution >= 0.6 is 0 Å². The second-order valence-electron chi connectivity index (χ2n) is 5.91. The first kappa shape index (κ1) is 19.0. The topological polar surface area (TPSA) is 82.0 Å². The molecule has 0 saturated heterocycles. The van der Waals surface area contributed by atoms with E-state index < -0.39 is 23.2 Å². The molecule has 0 atom stereocenters. The van der Waals surface area contributed by atoms with Crippen molar-refractivity contribution in [3.63, 3.8) is 0 Å². The van der Waals surface area contributed by atoms with Gasteiger partial charge < -0.3 is 9.57 Å². The van der Waals surface area contributed by atoms with Gasteiger partial charge in [0.25, 0.3) is 0 Å². The van der Waals surface area contributed by atoms with Crippen LogP contribution in [0.3, 0.4) is 0 Å². The van der Waals surface area contributed by atoms with Gasteiger partial charge in [-0.15, -0.1) is 0 Å². The van der Waals surface area contributed by atoms with Gasteiger partial charge in [0, 0.05) is 23.4 Å². The lowest BCUT2D eigenvalue weighted by Gasteiger charge is -2.10. The number of Topliss-reactive ketones (excluding diaryl/α,β-unsaturated/α-hetero) is 2. The zero-order valence-corrected chi connectivity index (χ0v) is 15.3. The van der Waals surface area contributed by atoms with E-state index in [0.717, 1.165) is 12.3 Å². The zero-order chi connectivity index (χ0) is 20.1. The van der Waals surface area contributed by atoms with Crippen molar-refractivity contribution < 1.29 is 24.0 Å². The molecule has 3 aromatic carbocycles. The zero-order valence-electron chi connectivity index (χ0n) is 15.3. The monoisotopic (exact) mass is 375 g/mol. The van der Waals surface area contributed by atoms with Gasteiger partial charge in [0.05, 0.1) is 7.11 Å². The SMILES string of the molecule is COc1ccc(C(=O)/C(=N/OC(C)=O)C(=O)c2ccccc2)c2ccccc12. The Morgan fingerprint density at radius 1 is 0.786 bits per heavy atom. The van der Waals surface area contributed by atoms with Crippen molar-refractivity contribution in [3.05, 3.63) is 77.9 Å². The molecule has 28 heavy (non-hydrogen) atoms. The highest BCUT2D eigenvalue weighted by Crippen LogP contribution is 2.29. The van der Waals surface area contributed by atoms with Crippen LogP contribution in [0.5, 0.6) is 5.75 Å². The lowest BCUT2D eigenvalue weighted by molar-refractivity contribution is -0.140. The van der Waals surface area contributed by atoms with Crippen molar-refractivity contribution in [2.45, 2.75) is 6.92 Å². The smallest absolute Gasteiger partial charge is 0.332 e.